The number of fused-ring (bicyclic) bond motifs is 1. The molecule has 20 heteroatoms. The number of imidazole rings is 1. The summed E-state index contributed by atoms with van der Waals surface area (Å²) in [7, 11) is -16.5. The first-order valence-corrected chi connectivity index (χ1v) is 13.4. The van der Waals surface area contributed by atoms with Gasteiger partial charge in [0.2, 0.25) is 0 Å². The molecule has 2 aromatic rings. The second-order valence-electron chi connectivity index (χ2n) is 6.40. The van der Waals surface area contributed by atoms with Crippen LogP contribution in [0, 0.1) is 0 Å². The van der Waals surface area contributed by atoms with Gasteiger partial charge < -0.3 is 34.7 Å². The Balaban J connectivity index is 1.65. The molecule has 0 spiro atoms. The first-order valence-electron chi connectivity index (χ1n) is 8.83. The summed E-state index contributed by atoms with van der Waals surface area (Å²) in [5.74, 6) is 0.499. The van der Waals surface area contributed by atoms with E-state index in [4.69, 9.17) is 19.4 Å². The molecule has 0 aliphatic carbocycles. The number of aromatic nitrogens is 4. The molecule has 0 aromatic carbocycles. The fraction of sp³-hybridized carbons (Fsp3) is 0.583. The molecule has 2 aromatic heterocycles. The molecule has 32 heavy (non-hydrogen) atoms. The van der Waals surface area contributed by atoms with Gasteiger partial charge in [0, 0.05) is 13.0 Å². The van der Waals surface area contributed by atoms with E-state index in [1.54, 1.807) is 0 Å². The Kier molecular flexibility index (Phi) is 7.52. The van der Waals surface area contributed by atoms with Crippen LogP contribution in [0.1, 0.15) is 19.6 Å². The van der Waals surface area contributed by atoms with Gasteiger partial charge in [-0.3, -0.25) is 9.09 Å². The van der Waals surface area contributed by atoms with E-state index in [9.17, 15) is 23.7 Å². The van der Waals surface area contributed by atoms with Crippen LogP contribution < -0.4 is 5.32 Å². The van der Waals surface area contributed by atoms with Crippen LogP contribution in [0.3, 0.4) is 0 Å². The SMILES string of the molecule is CCNc1ncnc2c1ncn2C1CC(O)C(COP(=O)(O)OP(=O)(O)OP(=O)(O)O)O1. The number of aliphatic hydroxyl groups is 1. The van der Waals surface area contributed by atoms with Crippen molar-refractivity contribution in [1.29, 1.82) is 0 Å². The van der Waals surface area contributed by atoms with E-state index in [2.05, 4.69) is 33.4 Å². The number of anilines is 1. The molecule has 0 bridgehead atoms. The summed E-state index contributed by atoms with van der Waals surface area (Å²) < 4.78 is 52.7. The van der Waals surface area contributed by atoms with Gasteiger partial charge >= 0.3 is 23.5 Å². The van der Waals surface area contributed by atoms with E-state index < -0.39 is 48.5 Å². The van der Waals surface area contributed by atoms with Crippen LogP contribution in [0.5, 0.6) is 0 Å². The summed E-state index contributed by atoms with van der Waals surface area (Å²) in [6.07, 6.45) is -0.374. The minimum atomic E-state index is -5.64. The minimum Gasteiger partial charge on any atom is -0.390 e. The molecule has 0 saturated carbocycles. The zero-order valence-corrected chi connectivity index (χ0v) is 18.9. The topological polar surface area (TPSA) is 245 Å². The normalized spacial score (nSPS) is 25.5. The second-order valence-corrected chi connectivity index (χ2v) is 10.8. The van der Waals surface area contributed by atoms with Crippen LogP contribution in [0.25, 0.3) is 11.2 Å². The fourth-order valence-corrected chi connectivity index (χ4v) is 5.90. The number of phosphoric ester groups is 1. The Morgan fingerprint density at radius 3 is 2.53 bits per heavy atom. The van der Waals surface area contributed by atoms with Crippen molar-refractivity contribution in [3.63, 3.8) is 0 Å². The van der Waals surface area contributed by atoms with E-state index in [0.29, 0.717) is 23.5 Å². The monoisotopic (exact) mass is 519 g/mol. The van der Waals surface area contributed by atoms with Crippen molar-refractivity contribution in [3.8, 4) is 0 Å². The average Bonchev–Trinajstić information content (AvgIpc) is 3.21. The van der Waals surface area contributed by atoms with Crippen molar-refractivity contribution in [3.05, 3.63) is 12.7 Å². The molecule has 5 unspecified atom stereocenters. The van der Waals surface area contributed by atoms with Crippen molar-refractivity contribution >= 4 is 40.4 Å². The maximum atomic E-state index is 11.8. The van der Waals surface area contributed by atoms with E-state index in [0.717, 1.165) is 0 Å². The Morgan fingerprint density at radius 2 is 1.88 bits per heavy atom. The molecule has 3 rings (SSSR count). The summed E-state index contributed by atoms with van der Waals surface area (Å²) >= 11 is 0. The Bertz CT molecular complexity index is 1110. The highest BCUT2D eigenvalue weighted by molar-refractivity contribution is 7.66. The number of rotatable bonds is 10. The maximum absolute atomic E-state index is 11.8. The lowest BCUT2D eigenvalue weighted by Crippen LogP contribution is -2.26. The number of nitrogens with one attached hydrogen (secondary N) is 1. The predicted octanol–water partition coefficient (Wildman–Crippen LogP) is 0.250. The molecular weight excluding hydrogens is 499 g/mol. The summed E-state index contributed by atoms with van der Waals surface area (Å²) in [6, 6.07) is 0. The number of nitrogens with zero attached hydrogens (tertiary/aromatic N) is 4. The minimum absolute atomic E-state index is 0.0242. The van der Waals surface area contributed by atoms with Gasteiger partial charge in [0.25, 0.3) is 0 Å². The third-order valence-electron chi connectivity index (χ3n) is 4.04. The lowest BCUT2D eigenvalue weighted by molar-refractivity contribution is -0.0423. The second kappa shape index (κ2) is 9.50. The molecule has 3 heterocycles. The van der Waals surface area contributed by atoms with Gasteiger partial charge in [-0.05, 0) is 6.92 Å². The van der Waals surface area contributed by atoms with Crippen LogP contribution in [0.2, 0.25) is 0 Å². The number of phosphoric acid groups is 3. The lowest BCUT2D eigenvalue weighted by atomic mass is 10.2. The van der Waals surface area contributed by atoms with Gasteiger partial charge in [-0.15, -0.1) is 0 Å². The smallest absolute Gasteiger partial charge is 0.390 e. The zero-order valence-electron chi connectivity index (χ0n) is 16.2. The number of hydrogen-bond acceptors (Lipinski definition) is 12. The molecule has 5 atom stereocenters. The van der Waals surface area contributed by atoms with Crippen LogP contribution >= 0.6 is 23.5 Å². The van der Waals surface area contributed by atoms with Crippen molar-refractivity contribution in [2.24, 2.45) is 0 Å². The quantitative estimate of drug-likeness (QED) is 0.230. The van der Waals surface area contributed by atoms with Gasteiger partial charge in [0.05, 0.1) is 19.0 Å². The maximum Gasteiger partial charge on any atom is 0.490 e. The Labute approximate surface area is 179 Å². The first kappa shape index (κ1) is 25.3. The van der Waals surface area contributed by atoms with Gasteiger partial charge in [-0.25, -0.2) is 28.6 Å². The summed E-state index contributed by atoms with van der Waals surface area (Å²) in [5, 5.41) is 13.3. The van der Waals surface area contributed by atoms with Crippen LogP contribution in [-0.4, -0.2) is 69.6 Å². The van der Waals surface area contributed by atoms with Crippen molar-refractivity contribution in [2.75, 3.05) is 18.5 Å². The molecule has 0 radical (unpaired) electrons. The highest BCUT2D eigenvalue weighted by Gasteiger charge is 2.43. The lowest BCUT2D eigenvalue weighted by Gasteiger charge is -2.19. The van der Waals surface area contributed by atoms with Gasteiger partial charge in [0.15, 0.2) is 17.0 Å². The van der Waals surface area contributed by atoms with Crippen LogP contribution in [-0.2, 0) is 31.6 Å². The van der Waals surface area contributed by atoms with E-state index in [1.807, 2.05) is 6.92 Å². The van der Waals surface area contributed by atoms with Gasteiger partial charge in [0.1, 0.15) is 18.7 Å². The van der Waals surface area contributed by atoms with Gasteiger partial charge in [-0.1, -0.05) is 0 Å². The standard InChI is InChI=1S/C12H20N5O12P3/c1-2-13-11-10-12(15-5-14-11)17(6-16-10)9-3-7(18)8(27-9)4-26-31(22,23)29-32(24,25)28-30(19,20)21/h5-9,18H,2-4H2,1H3,(H,22,23)(H,24,25)(H,13,14,15)(H2,19,20,21). The molecule has 1 aliphatic heterocycles. The number of hydrogen-bond donors (Lipinski definition) is 6. The Hall–Kier alpha value is -1.32. The number of aliphatic hydroxyl groups excluding tert-OH is 1. The molecule has 0 amide bonds. The van der Waals surface area contributed by atoms with Crippen LogP contribution in [0.15, 0.2) is 12.7 Å². The van der Waals surface area contributed by atoms with Crippen molar-refractivity contribution < 1.29 is 56.3 Å². The van der Waals surface area contributed by atoms with E-state index in [1.165, 1.54) is 17.2 Å². The molecule has 1 aliphatic rings. The molecule has 1 fully saturated rings. The highest BCUT2D eigenvalue weighted by Crippen LogP contribution is 2.66. The fourth-order valence-electron chi connectivity index (χ4n) is 2.87. The van der Waals surface area contributed by atoms with Crippen molar-refractivity contribution in [2.45, 2.75) is 31.8 Å². The molecule has 1 saturated heterocycles. The van der Waals surface area contributed by atoms with E-state index in [-0.39, 0.29) is 6.42 Å². The predicted molar refractivity (Wildman–Crippen MR) is 104 cm³/mol. The molecular formula is C12H20N5O12P3. The number of ether oxygens (including phenoxy) is 1. The van der Waals surface area contributed by atoms with Crippen LogP contribution in [0.4, 0.5) is 5.82 Å². The molecule has 17 nitrogen and oxygen atoms in total. The molecule has 6 N–H and O–H groups in total. The van der Waals surface area contributed by atoms with E-state index >= 15 is 0 Å². The van der Waals surface area contributed by atoms with Crippen molar-refractivity contribution in [1.82, 2.24) is 19.5 Å². The average molecular weight is 519 g/mol. The zero-order chi connectivity index (χ0) is 23.7. The third kappa shape index (κ3) is 6.38. The first-order chi connectivity index (χ1) is 14.8. The molecule has 180 valence electrons. The largest absolute Gasteiger partial charge is 0.490 e. The summed E-state index contributed by atoms with van der Waals surface area (Å²) in [4.78, 5) is 48.2. The van der Waals surface area contributed by atoms with Gasteiger partial charge in [-0.2, -0.15) is 8.62 Å². The summed E-state index contributed by atoms with van der Waals surface area (Å²) in [5.41, 5.74) is 0.867. The summed E-state index contributed by atoms with van der Waals surface area (Å²) in [6.45, 7) is 1.70. The highest BCUT2D eigenvalue weighted by atomic mass is 31.3. The Morgan fingerprint density at radius 1 is 1.16 bits per heavy atom. The third-order valence-corrected chi connectivity index (χ3v) is 7.84.